The maximum atomic E-state index is 8.71. The lowest BCUT2D eigenvalue weighted by atomic mass is 10.2. The molecule has 0 fully saturated rings. The van der Waals surface area contributed by atoms with E-state index < -0.39 is 0 Å². The van der Waals surface area contributed by atoms with Crippen LogP contribution < -0.4 is 0 Å². The number of benzene rings is 1. The Morgan fingerprint density at radius 1 is 1.00 bits per heavy atom. The zero-order chi connectivity index (χ0) is 14.7. The zero-order valence-corrected chi connectivity index (χ0v) is 11.9. The predicted octanol–water partition coefficient (Wildman–Crippen LogP) is 2.29. The van der Waals surface area contributed by atoms with Crippen LogP contribution in [0.2, 0.25) is 0 Å². The van der Waals surface area contributed by atoms with Gasteiger partial charge in [0, 0.05) is 12.6 Å². The van der Waals surface area contributed by atoms with Crippen LogP contribution in [0.25, 0.3) is 11.4 Å². The Morgan fingerprint density at radius 2 is 1.81 bits per heavy atom. The van der Waals surface area contributed by atoms with Crippen molar-refractivity contribution in [2.75, 3.05) is 0 Å². The summed E-state index contributed by atoms with van der Waals surface area (Å²) in [5.41, 5.74) is 1.30. The average Bonchev–Trinajstić information content (AvgIpc) is 2.90. The molecular weight excluding hydrogens is 284 g/mol. The van der Waals surface area contributed by atoms with Gasteiger partial charge in [-0.25, -0.2) is 0 Å². The van der Waals surface area contributed by atoms with Crippen molar-refractivity contribution >= 4 is 11.8 Å². The Bertz CT molecular complexity index is 789. The largest absolute Gasteiger partial charge is 0.305 e. The summed E-state index contributed by atoms with van der Waals surface area (Å²) in [5.74, 6) is 0.791. The van der Waals surface area contributed by atoms with Gasteiger partial charge in [0.2, 0.25) is 0 Å². The van der Waals surface area contributed by atoms with Crippen molar-refractivity contribution in [3.63, 3.8) is 0 Å². The van der Waals surface area contributed by atoms with Crippen LogP contribution >= 0.6 is 11.8 Å². The van der Waals surface area contributed by atoms with Gasteiger partial charge in [0.25, 0.3) is 0 Å². The monoisotopic (exact) mass is 294 g/mol. The van der Waals surface area contributed by atoms with Crippen molar-refractivity contribution in [2.24, 2.45) is 7.05 Å². The molecule has 0 bridgehead atoms. The molecule has 1 aromatic carbocycles. The van der Waals surface area contributed by atoms with Crippen LogP contribution in [-0.4, -0.2) is 25.0 Å². The first-order valence-corrected chi connectivity index (χ1v) is 6.96. The maximum Gasteiger partial charge on any atom is 0.197 e. The number of rotatable bonds is 3. The zero-order valence-electron chi connectivity index (χ0n) is 11.1. The molecular formula is C14H10N6S. The van der Waals surface area contributed by atoms with E-state index in [1.807, 2.05) is 48.0 Å². The van der Waals surface area contributed by atoms with Crippen LogP contribution in [0.1, 0.15) is 5.69 Å². The molecule has 0 spiro atoms. The van der Waals surface area contributed by atoms with Crippen LogP contribution in [0.5, 0.6) is 0 Å². The van der Waals surface area contributed by atoms with E-state index in [4.69, 9.17) is 5.26 Å². The fourth-order valence-electron chi connectivity index (χ4n) is 1.77. The normalized spacial score (nSPS) is 10.3. The quantitative estimate of drug-likeness (QED) is 0.737. The molecule has 0 aliphatic rings. The first-order valence-electron chi connectivity index (χ1n) is 6.14. The van der Waals surface area contributed by atoms with Gasteiger partial charge in [-0.2, -0.15) is 5.26 Å². The summed E-state index contributed by atoms with van der Waals surface area (Å²) >= 11 is 1.36. The minimum Gasteiger partial charge on any atom is -0.305 e. The van der Waals surface area contributed by atoms with Gasteiger partial charge in [0.1, 0.15) is 11.1 Å². The van der Waals surface area contributed by atoms with E-state index in [-0.39, 0.29) is 0 Å². The third-order valence-corrected chi connectivity index (χ3v) is 3.78. The molecule has 102 valence electrons. The van der Waals surface area contributed by atoms with E-state index in [2.05, 4.69) is 20.4 Å². The molecule has 0 saturated carbocycles. The molecule has 2 heterocycles. The van der Waals surface area contributed by atoms with E-state index in [0.29, 0.717) is 15.9 Å². The third kappa shape index (κ3) is 2.75. The fourth-order valence-corrected chi connectivity index (χ4v) is 2.48. The first kappa shape index (κ1) is 13.3. The van der Waals surface area contributed by atoms with E-state index in [9.17, 15) is 0 Å². The van der Waals surface area contributed by atoms with Crippen molar-refractivity contribution in [1.29, 1.82) is 5.26 Å². The molecule has 7 heteroatoms. The topological polar surface area (TPSA) is 80.3 Å². The molecule has 0 radical (unpaired) electrons. The molecule has 0 saturated heterocycles. The van der Waals surface area contributed by atoms with E-state index in [1.165, 1.54) is 11.8 Å². The molecule has 6 nitrogen and oxygen atoms in total. The van der Waals surface area contributed by atoms with E-state index in [0.717, 1.165) is 11.4 Å². The minimum atomic E-state index is 0.294. The Labute approximate surface area is 125 Å². The second-order valence-corrected chi connectivity index (χ2v) is 5.19. The van der Waals surface area contributed by atoms with Crippen LogP contribution in [0, 0.1) is 11.3 Å². The molecule has 0 aliphatic carbocycles. The van der Waals surface area contributed by atoms with Crippen LogP contribution in [0.3, 0.4) is 0 Å². The van der Waals surface area contributed by atoms with Gasteiger partial charge in [-0.05, 0) is 23.9 Å². The molecule has 0 amide bonds. The molecule has 0 unspecified atom stereocenters. The number of hydrogen-bond donors (Lipinski definition) is 0. The lowest BCUT2D eigenvalue weighted by Crippen LogP contribution is -1.95. The Kier molecular flexibility index (Phi) is 3.62. The fraction of sp³-hybridized carbons (Fsp3) is 0.0714. The lowest BCUT2D eigenvalue weighted by Gasteiger charge is -2.03. The van der Waals surface area contributed by atoms with Crippen molar-refractivity contribution in [1.82, 2.24) is 25.0 Å². The average molecular weight is 294 g/mol. The van der Waals surface area contributed by atoms with Crippen molar-refractivity contribution in [3.05, 3.63) is 48.2 Å². The molecule has 3 rings (SSSR count). The van der Waals surface area contributed by atoms with Crippen molar-refractivity contribution in [2.45, 2.75) is 10.2 Å². The highest BCUT2D eigenvalue weighted by molar-refractivity contribution is 7.99. The third-order valence-electron chi connectivity index (χ3n) is 2.82. The Hall–Kier alpha value is -2.72. The van der Waals surface area contributed by atoms with Crippen molar-refractivity contribution in [3.8, 4) is 17.5 Å². The van der Waals surface area contributed by atoms with Gasteiger partial charge in [0.05, 0.1) is 0 Å². The molecule has 0 aliphatic heterocycles. The summed E-state index contributed by atoms with van der Waals surface area (Å²) in [6.07, 6.45) is 0. The summed E-state index contributed by atoms with van der Waals surface area (Å²) < 4.78 is 1.90. The van der Waals surface area contributed by atoms with Crippen LogP contribution in [-0.2, 0) is 7.05 Å². The highest BCUT2D eigenvalue weighted by Gasteiger charge is 2.12. The Morgan fingerprint density at radius 3 is 2.48 bits per heavy atom. The highest BCUT2D eigenvalue weighted by atomic mass is 32.2. The first-order chi connectivity index (χ1) is 10.3. The maximum absolute atomic E-state index is 8.71. The second-order valence-electron chi connectivity index (χ2n) is 4.20. The molecule has 0 atom stereocenters. The Balaban J connectivity index is 1.87. The summed E-state index contributed by atoms with van der Waals surface area (Å²) in [5, 5.41) is 26.2. The summed E-state index contributed by atoms with van der Waals surface area (Å²) in [7, 11) is 1.90. The van der Waals surface area contributed by atoms with Gasteiger partial charge in [-0.1, -0.05) is 30.3 Å². The van der Waals surface area contributed by atoms with Gasteiger partial charge in [-0.15, -0.1) is 20.4 Å². The summed E-state index contributed by atoms with van der Waals surface area (Å²) in [6, 6.07) is 15.2. The van der Waals surface area contributed by atoms with Gasteiger partial charge in [0.15, 0.2) is 16.7 Å². The number of nitriles is 1. The standard InChI is InChI=1S/C14H10N6S/c1-20-13(10-5-3-2-4-6-10)18-19-14(20)21-12-8-7-11(9-15)16-17-12/h2-8H,1H3. The minimum absolute atomic E-state index is 0.294. The summed E-state index contributed by atoms with van der Waals surface area (Å²) in [4.78, 5) is 0. The molecule has 21 heavy (non-hydrogen) atoms. The number of hydrogen-bond acceptors (Lipinski definition) is 6. The molecule has 0 N–H and O–H groups in total. The predicted molar refractivity (Wildman–Crippen MR) is 77.3 cm³/mol. The molecule has 2 aromatic heterocycles. The smallest absolute Gasteiger partial charge is 0.197 e. The highest BCUT2D eigenvalue weighted by Crippen LogP contribution is 2.26. The van der Waals surface area contributed by atoms with Gasteiger partial charge in [-0.3, -0.25) is 0 Å². The van der Waals surface area contributed by atoms with Gasteiger partial charge < -0.3 is 4.57 Å². The van der Waals surface area contributed by atoms with Crippen LogP contribution in [0.4, 0.5) is 0 Å². The van der Waals surface area contributed by atoms with Crippen molar-refractivity contribution < 1.29 is 0 Å². The lowest BCUT2D eigenvalue weighted by molar-refractivity contribution is 0.789. The number of nitrogens with zero attached hydrogens (tertiary/aromatic N) is 6. The SMILES string of the molecule is Cn1c(Sc2ccc(C#N)nn2)nnc1-c1ccccc1. The van der Waals surface area contributed by atoms with E-state index in [1.54, 1.807) is 12.1 Å². The van der Waals surface area contributed by atoms with Gasteiger partial charge >= 0.3 is 0 Å². The molecule has 3 aromatic rings. The van der Waals surface area contributed by atoms with Crippen LogP contribution in [0.15, 0.2) is 52.6 Å². The number of aromatic nitrogens is 5. The van der Waals surface area contributed by atoms with E-state index >= 15 is 0 Å². The summed E-state index contributed by atoms with van der Waals surface area (Å²) in [6.45, 7) is 0. The second kappa shape index (κ2) is 5.73.